The minimum Gasteiger partial charge on any atom is -0.470 e. The number of hydrogen-bond acceptors (Lipinski definition) is 4. The van der Waals surface area contributed by atoms with Crippen LogP contribution in [-0.2, 0) is 11.8 Å². The van der Waals surface area contributed by atoms with Crippen molar-refractivity contribution in [1.29, 1.82) is 0 Å². The summed E-state index contributed by atoms with van der Waals surface area (Å²) in [6, 6.07) is 6.55. The van der Waals surface area contributed by atoms with Gasteiger partial charge in [-0.2, -0.15) is 0 Å². The van der Waals surface area contributed by atoms with Gasteiger partial charge < -0.3 is 18.9 Å². The molecule has 0 aromatic carbocycles. The van der Waals surface area contributed by atoms with Crippen molar-refractivity contribution in [1.82, 2.24) is 14.5 Å². The average Bonchev–Trinajstić information content (AvgIpc) is 3.23. The zero-order chi connectivity index (χ0) is 18.1. The summed E-state index contributed by atoms with van der Waals surface area (Å²) in [6.07, 6.45) is 5.48. The molecule has 1 amide bonds. The molecule has 2 aliphatic rings. The van der Waals surface area contributed by atoms with E-state index in [4.69, 9.17) is 9.47 Å². The van der Waals surface area contributed by atoms with E-state index < -0.39 is 11.4 Å². The minimum atomic E-state index is -0.474. The van der Waals surface area contributed by atoms with Gasteiger partial charge in [-0.25, -0.2) is 9.37 Å². The van der Waals surface area contributed by atoms with E-state index in [2.05, 4.69) is 4.98 Å². The molecule has 2 saturated heterocycles. The van der Waals surface area contributed by atoms with Crippen molar-refractivity contribution >= 4 is 5.91 Å². The highest BCUT2D eigenvalue weighted by Crippen LogP contribution is 2.36. The lowest BCUT2D eigenvalue weighted by atomic mass is 9.89. The van der Waals surface area contributed by atoms with Gasteiger partial charge in [-0.15, -0.1) is 0 Å². The number of carbonyl (C=O) groups excluding carboxylic acids is 1. The smallest absolute Gasteiger partial charge is 0.270 e. The zero-order valence-electron chi connectivity index (χ0n) is 14.7. The Labute approximate surface area is 151 Å². The number of hydrogen-bond donors (Lipinski definition) is 0. The third-order valence-electron chi connectivity index (χ3n) is 5.17. The molecule has 26 heavy (non-hydrogen) atoms. The molecule has 7 heteroatoms. The lowest BCUT2D eigenvalue weighted by Crippen LogP contribution is -2.50. The molecule has 138 valence electrons. The van der Waals surface area contributed by atoms with Crippen LogP contribution in [-0.4, -0.2) is 51.8 Å². The Morgan fingerprint density at radius 3 is 3.08 bits per heavy atom. The average molecular weight is 359 g/mol. The minimum absolute atomic E-state index is 0.00528. The fraction of sp³-hybridized carbons (Fsp3) is 0.474. The monoisotopic (exact) mass is 359 g/mol. The van der Waals surface area contributed by atoms with Crippen LogP contribution in [0.25, 0.3) is 0 Å². The molecule has 4 rings (SSSR count). The Kier molecular flexibility index (Phi) is 4.40. The molecule has 0 unspecified atom stereocenters. The van der Waals surface area contributed by atoms with Crippen molar-refractivity contribution in [2.75, 3.05) is 19.7 Å². The number of halogens is 1. The van der Waals surface area contributed by atoms with Gasteiger partial charge in [0.05, 0.1) is 18.8 Å². The van der Waals surface area contributed by atoms with Crippen LogP contribution < -0.4 is 4.74 Å². The van der Waals surface area contributed by atoms with Crippen LogP contribution in [0.2, 0.25) is 0 Å². The van der Waals surface area contributed by atoms with Crippen LogP contribution in [0.3, 0.4) is 0 Å². The standard InChI is InChI=1S/C19H22FN3O3/c1-22-9-3-6-16(22)18(24)23-10-4-7-19(13-23)11-14(12-25-19)26-17-15(20)5-2-8-21-17/h2-3,5-6,8-9,14H,4,7,10-13H2,1H3/t14-,19-/m0/s1. The maximum atomic E-state index is 13.8. The van der Waals surface area contributed by atoms with E-state index in [1.807, 2.05) is 34.8 Å². The van der Waals surface area contributed by atoms with Crippen molar-refractivity contribution in [3.8, 4) is 5.88 Å². The number of aryl methyl sites for hydroxylation is 1. The van der Waals surface area contributed by atoms with Crippen LogP contribution in [0.5, 0.6) is 5.88 Å². The lowest BCUT2D eigenvalue weighted by molar-refractivity contribution is -0.0455. The molecule has 0 aliphatic carbocycles. The van der Waals surface area contributed by atoms with Gasteiger partial charge in [0, 0.05) is 32.4 Å². The van der Waals surface area contributed by atoms with Crippen LogP contribution in [0, 0.1) is 5.82 Å². The normalized spacial score (nSPS) is 25.6. The molecule has 2 aliphatic heterocycles. The second-order valence-electron chi connectivity index (χ2n) is 7.06. The van der Waals surface area contributed by atoms with Gasteiger partial charge in [0.15, 0.2) is 5.82 Å². The number of pyridine rings is 1. The number of carbonyl (C=O) groups is 1. The first kappa shape index (κ1) is 17.0. The van der Waals surface area contributed by atoms with E-state index in [9.17, 15) is 9.18 Å². The predicted octanol–water partition coefficient (Wildman–Crippen LogP) is 2.40. The Hall–Kier alpha value is -2.41. The highest BCUT2D eigenvalue weighted by atomic mass is 19.1. The van der Waals surface area contributed by atoms with Crippen LogP contribution in [0.4, 0.5) is 4.39 Å². The van der Waals surface area contributed by atoms with Crippen molar-refractivity contribution in [3.63, 3.8) is 0 Å². The fourth-order valence-corrected chi connectivity index (χ4v) is 3.90. The molecule has 6 nitrogen and oxygen atoms in total. The summed E-state index contributed by atoms with van der Waals surface area (Å²) in [5.41, 5.74) is 0.248. The molecule has 2 aromatic heterocycles. The molecule has 1 spiro atoms. The molecule has 2 aromatic rings. The first-order valence-electron chi connectivity index (χ1n) is 8.88. The molecule has 0 N–H and O–H groups in total. The molecule has 0 bridgehead atoms. The molecular formula is C19H22FN3O3. The number of amides is 1. The number of nitrogens with zero attached hydrogens (tertiary/aromatic N) is 3. The second kappa shape index (κ2) is 6.72. The second-order valence-corrected chi connectivity index (χ2v) is 7.06. The maximum Gasteiger partial charge on any atom is 0.270 e. The number of piperidine rings is 1. The van der Waals surface area contributed by atoms with Crippen LogP contribution in [0.15, 0.2) is 36.7 Å². The van der Waals surface area contributed by atoms with Gasteiger partial charge in [0.1, 0.15) is 11.8 Å². The lowest BCUT2D eigenvalue weighted by Gasteiger charge is -2.39. The quantitative estimate of drug-likeness (QED) is 0.844. The van der Waals surface area contributed by atoms with E-state index in [-0.39, 0.29) is 17.9 Å². The predicted molar refractivity (Wildman–Crippen MR) is 92.5 cm³/mol. The van der Waals surface area contributed by atoms with Gasteiger partial charge >= 0.3 is 0 Å². The topological polar surface area (TPSA) is 56.6 Å². The number of likely N-dealkylation sites (tertiary alicyclic amines) is 1. The van der Waals surface area contributed by atoms with Gasteiger partial charge in [-0.1, -0.05) is 0 Å². The molecule has 2 atom stereocenters. The van der Waals surface area contributed by atoms with Gasteiger partial charge in [-0.3, -0.25) is 4.79 Å². The number of rotatable bonds is 3. The summed E-state index contributed by atoms with van der Waals surface area (Å²) in [5.74, 6) is -0.455. The third kappa shape index (κ3) is 3.19. The molecular weight excluding hydrogens is 337 g/mol. The zero-order valence-corrected chi connectivity index (χ0v) is 14.7. The Bertz CT molecular complexity index is 809. The van der Waals surface area contributed by atoms with Crippen molar-refractivity contribution in [2.24, 2.45) is 7.05 Å². The first-order chi connectivity index (χ1) is 12.6. The summed E-state index contributed by atoms with van der Waals surface area (Å²) >= 11 is 0. The highest BCUT2D eigenvalue weighted by Gasteiger charge is 2.45. The molecule has 2 fully saturated rings. The molecule has 0 radical (unpaired) electrons. The SMILES string of the molecule is Cn1cccc1C(=O)N1CCC[C@]2(C[C@H](Oc3ncccc3F)CO2)C1. The van der Waals surface area contributed by atoms with Gasteiger partial charge in [0.2, 0.25) is 0 Å². The Balaban J connectivity index is 1.43. The van der Waals surface area contributed by atoms with Crippen LogP contribution >= 0.6 is 0 Å². The fourth-order valence-electron chi connectivity index (χ4n) is 3.90. The maximum absolute atomic E-state index is 13.8. The van der Waals surface area contributed by atoms with Gasteiger partial charge in [-0.05, 0) is 37.1 Å². The van der Waals surface area contributed by atoms with E-state index in [0.717, 1.165) is 19.4 Å². The molecule has 4 heterocycles. The molecule has 0 saturated carbocycles. The summed E-state index contributed by atoms with van der Waals surface area (Å²) in [5, 5.41) is 0. The summed E-state index contributed by atoms with van der Waals surface area (Å²) in [4.78, 5) is 18.6. The van der Waals surface area contributed by atoms with E-state index >= 15 is 0 Å². The summed E-state index contributed by atoms with van der Waals surface area (Å²) < 4.78 is 27.3. The largest absolute Gasteiger partial charge is 0.470 e. The Morgan fingerprint density at radius 1 is 1.42 bits per heavy atom. The third-order valence-corrected chi connectivity index (χ3v) is 5.17. The van der Waals surface area contributed by atoms with Crippen molar-refractivity contribution in [3.05, 3.63) is 48.2 Å². The Morgan fingerprint density at radius 2 is 2.31 bits per heavy atom. The summed E-state index contributed by atoms with van der Waals surface area (Å²) in [7, 11) is 1.87. The first-order valence-corrected chi connectivity index (χ1v) is 8.88. The van der Waals surface area contributed by atoms with Gasteiger partial charge in [0.25, 0.3) is 11.8 Å². The van der Waals surface area contributed by atoms with E-state index in [1.165, 1.54) is 18.3 Å². The van der Waals surface area contributed by atoms with Crippen LogP contribution in [0.1, 0.15) is 29.8 Å². The van der Waals surface area contributed by atoms with Crippen molar-refractivity contribution < 1.29 is 18.7 Å². The van der Waals surface area contributed by atoms with E-state index in [0.29, 0.717) is 25.3 Å². The number of aromatic nitrogens is 2. The van der Waals surface area contributed by atoms with Crippen molar-refractivity contribution in [2.45, 2.75) is 31.0 Å². The number of ether oxygens (including phenoxy) is 2. The summed E-state index contributed by atoms with van der Waals surface area (Å²) in [6.45, 7) is 1.62. The highest BCUT2D eigenvalue weighted by molar-refractivity contribution is 5.92. The van der Waals surface area contributed by atoms with E-state index in [1.54, 1.807) is 0 Å².